The largest absolute Gasteiger partial charge is 0.300 e. The predicted molar refractivity (Wildman–Crippen MR) is 67.1 cm³/mol. The van der Waals surface area contributed by atoms with E-state index < -0.39 is 0 Å². The maximum absolute atomic E-state index is 10.6. The molecule has 0 N–H and O–H groups in total. The van der Waals surface area contributed by atoms with Crippen LogP contribution in [0.1, 0.15) is 78.6 Å². The Hall–Kier alpha value is -0.330. The van der Waals surface area contributed by atoms with E-state index in [1.165, 1.54) is 32.1 Å². The molecule has 15 heavy (non-hydrogen) atoms. The maximum Gasteiger partial charge on any atom is 0.132 e. The highest BCUT2D eigenvalue weighted by Crippen LogP contribution is 2.22. The van der Waals surface area contributed by atoms with E-state index in [-0.39, 0.29) is 0 Å². The van der Waals surface area contributed by atoms with Crippen LogP contribution in [0.3, 0.4) is 0 Å². The summed E-state index contributed by atoms with van der Waals surface area (Å²) in [5, 5.41) is 0. The molecule has 90 valence electrons. The van der Waals surface area contributed by atoms with Gasteiger partial charge in [0.25, 0.3) is 0 Å². The lowest BCUT2D eigenvalue weighted by molar-refractivity contribution is -0.118. The van der Waals surface area contributed by atoms with Gasteiger partial charge in [-0.25, -0.2) is 0 Å². The molecule has 0 spiro atoms. The summed E-state index contributed by atoms with van der Waals surface area (Å²) in [7, 11) is 0. The lowest BCUT2D eigenvalue weighted by Crippen LogP contribution is -1.99. The fraction of sp³-hybridized carbons (Fsp3) is 0.929. The molecule has 1 aliphatic rings. The van der Waals surface area contributed by atoms with Crippen LogP contribution in [0.2, 0.25) is 0 Å². The van der Waals surface area contributed by atoms with Crippen molar-refractivity contribution >= 4 is 5.78 Å². The molecule has 0 aromatic heterocycles. The van der Waals surface area contributed by atoms with Gasteiger partial charge in [-0.05, 0) is 12.3 Å². The van der Waals surface area contributed by atoms with E-state index >= 15 is 0 Å². The molecule has 0 radical (unpaired) electrons. The first kappa shape index (κ1) is 14.7. The van der Waals surface area contributed by atoms with Crippen molar-refractivity contribution in [1.82, 2.24) is 0 Å². The lowest BCUT2D eigenvalue weighted by Gasteiger charge is -2.15. The minimum Gasteiger partial charge on any atom is -0.300 e. The van der Waals surface area contributed by atoms with E-state index in [1.807, 2.05) is 6.92 Å². The van der Waals surface area contributed by atoms with Crippen molar-refractivity contribution < 1.29 is 4.79 Å². The number of ketones is 1. The molecular formula is C14H28O. The van der Waals surface area contributed by atoms with Crippen LogP contribution in [0, 0.1) is 5.92 Å². The van der Waals surface area contributed by atoms with Crippen LogP contribution in [-0.2, 0) is 4.79 Å². The first-order chi connectivity index (χ1) is 7.20. The van der Waals surface area contributed by atoms with Crippen molar-refractivity contribution in [1.29, 1.82) is 0 Å². The Kier molecular flexibility index (Phi) is 9.97. The summed E-state index contributed by atoms with van der Waals surface area (Å²) in [6.07, 6.45) is 11.1. The normalized spacial score (nSPS) is 16.7. The topological polar surface area (TPSA) is 17.1 Å². The van der Waals surface area contributed by atoms with Crippen LogP contribution in [0.5, 0.6) is 0 Å². The van der Waals surface area contributed by atoms with E-state index in [0.717, 1.165) is 25.2 Å². The molecule has 1 saturated carbocycles. The van der Waals surface area contributed by atoms with Crippen LogP contribution in [-0.4, -0.2) is 5.78 Å². The SMILES string of the molecule is CC1CCCCC1.CCCCC(=O)CC. The van der Waals surface area contributed by atoms with Gasteiger partial charge in [-0.1, -0.05) is 59.3 Å². The van der Waals surface area contributed by atoms with Crippen molar-refractivity contribution in [2.45, 2.75) is 78.6 Å². The zero-order chi connectivity index (χ0) is 11.5. The zero-order valence-corrected chi connectivity index (χ0v) is 10.8. The van der Waals surface area contributed by atoms with E-state index in [4.69, 9.17) is 0 Å². The zero-order valence-electron chi connectivity index (χ0n) is 10.8. The van der Waals surface area contributed by atoms with Gasteiger partial charge >= 0.3 is 0 Å². The third-order valence-electron chi connectivity index (χ3n) is 3.10. The fourth-order valence-corrected chi connectivity index (χ4v) is 1.86. The molecule has 1 heteroatoms. The third-order valence-corrected chi connectivity index (χ3v) is 3.10. The summed E-state index contributed by atoms with van der Waals surface area (Å²) in [5.41, 5.74) is 0. The first-order valence-electron chi connectivity index (χ1n) is 6.72. The fourth-order valence-electron chi connectivity index (χ4n) is 1.86. The Morgan fingerprint density at radius 1 is 1.13 bits per heavy atom. The quantitative estimate of drug-likeness (QED) is 0.657. The predicted octanol–water partition coefficient (Wildman–Crippen LogP) is 4.74. The van der Waals surface area contributed by atoms with Gasteiger partial charge in [0, 0.05) is 12.8 Å². The summed E-state index contributed by atoms with van der Waals surface area (Å²) in [6, 6.07) is 0. The van der Waals surface area contributed by atoms with Crippen molar-refractivity contribution in [2.24, 2.45) is 5.92 Å². The molecule has 0 heterocycles. The van der Waals surface area contributed by atoms with E-state index in [2.05, 4.69) is 13.8 Å². The molecule has 0 aromatic rings. The first-order valence-corrected chi connectivity index (χ1v) is 6.72. The minimum absolute atomic E-state index is 0.395. The Morgan fingerprint density at radius 3 is 2.07 bits per heavy atom. The molecule has 0 atom stereocenters. The van der Waals surface area contributed by atoms with Gasteiger partial charge < -0.3 is 0 Å². The molecule has 0 saturated heterocycles. The van der Waals surface area contributed by atoms with Gasteiger partial charge in [-0.3, -0.25) is 4.79 Å². The summed E-state index contributed by atoms with van der Waals surface area (Å²) >= 11 is 0. The highest BCUT2D eigenvalue weighted by molar-refractivity contribution is 5.77. The highest BCUT2D eigenvalue weighted by atomic mass is 16.1. The Balaban J connectivity index is 0.000000262. The smallest absolute Gasteiger partial charge is 0.132 e. The standard InChI is InChI=1S/C7H14O.C7H14/c1-3-5-6-7(8)4-2;1-7-5-3-2-4-6-7/h3-6H2,1-2H3;7H,2-6H2,1H3. The van der Waals surface area contributed by atoms with Crippen molar-refractivity contribution in [2.75, 3.05) is 0 Å². The van der Waals surface area contributed by atoms with Crippen LogP contribution < -0.4 is 0 Å². The molecule has 1 aliphatic carbocycles. The number of Topliss-reactive ketones (excluding diaryl/α,β-unsaturated/α-hetero) is 1. The molecule has 0 bridgehead atoms. The maximum atomic E-state index is 10.6. The number of rotatable bonds is 4. The average Bonchev–Trinajstić information content (AvgIpc) is 2.28. The van der Waals surface area contributed by atoms with E-state index in [0.29, 0.717) is 12.2 Å². The molecule has 0 aliphatic heterocycles. The van der Waals surface area contributed by atoms with Crippen LogP contribution in [0.25, 0.3) is 0 Å². The molecule has 0 unspecified atom stereocenters. The number of carbonyl (C=O) groups excluding carboxylic acids is 1. The van der Waals surface area contributed by atoms with Crippen LogP contribution in [0.15, 0.2) is 0 Å². The second-order valence-electron chi connectivity index (χ2n) is 4.74. The van der Waals surface area contributed by atoms with Gasteiger partial charge in [0.2, 0.25) is 0 Å². The van der Waals surface area contributed by atoms with Gasteiger partial charge in [-0.15, -0.1) is 0 Å². The molecule has 0 aromatic carbocycles. The van der Waals surface area contributed by atoms with Gasteiger partial charge in [0.1, 0.15) is 5.78 Å². The van der Waals surface area contributed by atoms with Gasteiger partial charge in [-0.2, -0.15) is 0 Å². The number of hydrogen-bond donors (Lipinski definition) is 0. The molecule has 1 rings (SSSR count). The van der Waals surface area contributed by atoms with E-state index in [1.54, 1.807) is 0 Å². The second-order valence-corrected chi connectivity index (χ2v) is 4.74. The monoisotopic (exact) mass is 212 g/mol. The highest BCUT2D eigenvalue weighted by Gasteiger charge is 2.05. The summed E-state index contributed by atoms with van der Waals surface area (Å²) in [4.78, 5) is 10.6. The Bertz CT molecular complexity index is 145. The summed E-state index contributed by atoms with van der Waals surface area (Å²) in [5.74, 6) is 1.43. The van der Waals surface area contributed by atoms with Crippen molar-refractivity contribution in [3.8, 4) is 0 Å². The number of unbranched alkanes of at least 4 members (excludes halogenated alkanes) is 1. The molecule has 1 nitrogen and oxygen atoms in total. The van der Waals surface area contributed by atoms with Gasteiger partial charge in [0.15, 0.2) is 0 Å². The summed E-state index contributed by atoms with van der Waals surface area (Å²) < 4.78 is 0. The minimum atomic E-state index is 0.395. The molecule has 0 amide bonds. The average molecular weight is 212 g/mol. The number of hydrogen-bond acceptors (Lipinski definition) is 1. The molecular weight excluding hydrogens is 184 g/mol. The number of carbonyl (C=O) groups is 1. The summed E-state index contributed by atoms with van der Waals surface area (Å²) in [6.45, 7) is 6.38. The Labute approximate surface area is 95.6 Å². The molecule has 1 fully saturated rings. The van der Waals surface area contributed by atoms with Crippen LogP contribution >= 0.6 is 0 Å². The Morgan fingerprint density at radius 2 is 1.73 bits per heavy atom. The second kappa shape index (κ2) is 10.2. The van der Waals surface area contributed by atoms with Gasteiger partial charge in [0.05, 0.1) is 0 Å². The van der Waals surface area contributed by atoms with Crippen molar-refractivity contribution in [3.05, 3.63) is 0 Å². The lowest BCUT2D eigenvalue weighted by atomic mass is 9.91. The van der Waals surface area contributed by atoms with Crippen molar-refractivity contribution in [3.63, 3.8) is 0 Å². The third kappa shape index (κ3) is 9.96. The van der Waals surface area contributed by atoms with Crippen LogP contribution in [0.4, 0.5) is 0 Å². The van der Waals surface area contributed by atoms with E-state index in [9.17, 15) is 4.79 Å².